The molecule has 1 amide bonds. The second-order valence-corrected chi connectivity index (χ2v) is 10.0. The molecule has 2 aromatic carbocycles. The summed E-state index contributed by atoms with van der Waals surface area (Å²) in [6.07, 6.45) is 7.02. The molecule has 1 saturated carbocycles. The molecule has 1 aliphatic carbocycles. The largest absolute Gasteiger partial charge is 0.326 e. The third kappa shape index (κ3) is 4.53. The van der Waals surface area contributed by atoms with Crippen LogP contribution in [0.3, 0.4) is 0 Å². The lowest BCUT2D eigenvalue weighted by Crippen LogP contribution is -2.14. The van der Waals surface area contributed by atoms with E-state index >= 15 is 0 Å². The molecule has 0 aliphatic heterocycles. The van der Waals surface area contributed by atoms with Gasteiger partial charge in [-0.2, -0.15) is 0 Å². The van der Waals surface area contributed by atoms with Crippen molar-refractivity contribution in [3.05, 3.63) is 90.0 Å². The van der Waals surface area contributed by atoms with E-state index in [0.717, 1.165) is 16.3 Å². The van der Waals surface area contributed by atoms with Crippen molar-refractivity contribution in [1.29, 1.82) is 0 Å². The van der Waals surface area contributed by atoms with Gasteiger partial charge in [0.1, 0.15) is 0 Å². The summed E-state index contributed by atoms with van der Waals surface area (Å²) in [7, 11) is -3.71. The summed E-state index contributed by atoms with van der Waals surface area (Å²) in [4.78, 5) is 20.9. The first-order chi connectivity index (χ1) is 15.9. The molecular weight excluding hydrogens is 460 g/mol. The number of fused-ring (bicyclic) bond motifs is 1. The Labute approximate surface area is 195 Å². The zero-order valence-electron chi connectivity index (χ0n) is 17.3. The third-order valence-electron chi connectivity index (χ3n) is 5.64. The molecule has 1 aliphatic rings. The number of amides is 1. The third-order valence-corrected chi connectivity index (χ3v) is 7.34. The van der Waals surface area contributed by atoms with Crippen molar-refractivity contribution < 1.29 is 13.2 Å². The first kappa shape index (κ1) is 21.4. The normalized spacial score (nSPS) is 17.5. The van der Waals surface area contributed by atoms with E-state index in [1.165, 1.54) is 6.20 Å². The van der Waals surface area contributed by atoms with Gasteiger partial charge in [0.25, 0.3) is 10.0 Å². The van der Waals surface area contributed by atoms with Crippen molar-refractivity contribution in [3.63, 3.8) is 0 Å². The van der Waals surface area contributed by atoms with Gasteiger partial charge in [0.15, 0.2) is 0 Å². The molecule has 0 bridgehead atoms. The van der Waals surface area contributed by atoms with Crippen LogP contribution in [-0.4, -0.2) is 24.3 Å². The number of anilines is 2. The Bertz CT molecular complexity index is 1440. The van der Waals surface area contributed by atoms with E-state index < -0.39 is 10.0 Å². The smallest absolute Gasteiger partial charge is 0.261 e. The molecule has 0 saturated heterocycles. The molecular formula is C24H19ClN4O3S. The Morgan fingerprint density at radius 1 is 0.970 bits per heavy atom. The fourth-order valence-electron chi connectivity index (χ4n) is 3.83. The number of carbonyl (C=O) groups is 1. The quantitative estimate of drug-likeness (QED) is 0.413. The van der Waals surface area contributed by atoms with Crippen LogP contribution in [0.15, 0.2) is 84.3 Å². The molecule has 1 fully saturated rings. The molecule has 0 unspecified atom stereocenters. The molecule has 9 heteroatoms. The summed E-state index contributed by atoms with van der Waals surface area (Å²) in [6.45, 7) is 0. The Kier molecular flexibility index (Phi) is 5.47. The number of nitrogens with zero attached hydrogens (tertiary/aromatic N) is 2. The zero-order chi connectivity index (χ0) is 23.0. The number of hydrogen-bond donors (Lipinski definition) is 2. The highest BCUT2D eigenvalue weighted by molar-refractivity contribution is 7.92. The molecule has 5 rings (SSSR count). The summed E-state index contributed by atoms with van der Waals surface area (Å²) >= 11 is 6.21. The number of pyridine rings is 2. The van der Waals surface area contributed by atoms with Crippen LogP contribution in [0.5, 0.6) is 0 Å². The Balaban J connectivity index is 1.25. The van der Waals surface area contributed by atoms with Gasteiger partial charge in [-0.05, 0) is 54.3 Å². The summed E-state index contributed by atoms with van der Waals surface area (Å²) in [6, 6.07) is 15.5. The van der Waals surface area contributed by atoms with E-state index in [0.29, 0.717) is 22.8 Å². The monoisotopic (exact) mass is 478 g/mol. The average molecular weight is 479 g/mol. The minimum Gasteiger partial charge on any atom is -0.326 e. The molecule has 33 heavy (non-hydrogen) atoms. The molecule has 0 spiro atoms. The van der Waals surface area contributed by atoms with Gasteiger partial charge in [-0.15, -0.1) is 0 Å². The number of nitrogens with one attached hydrogen (secondary N) is 2. The molecule has 2 N–H and O–H groups in total. The van der Waals surface area contributed by atoms with E-state index in [9.17, 15) is 13.2 Å². The second kappa shape index (κ2) is 8.46. The van der Waals surface area contributed by atoms with Gasteiger partial charge < -0.3 is 5.32 Å². The minimum absolute atomic E-state index is 0.0567. The van der Waals surface area contributed by atoms with Crippen LogP contribution in [0.1, 0.15) is 17.9 Å². The molecule has 2 aromatic heterocycles. The van der Waals surface area contributed by atoms with Gasteiger partial charge in [-0.1, -0.05) is 29.8 Å². The highest BCUT2D eigenvalue weighted by atomic mass is 35.5. The summed E-state index contributed by atoms with van der Waals surface area (Å²) in [5.74, 6) is -0.176. The van der Waals surface area contributed by atoms with Gasteiger partial charge in [0.05, 0.1) is 21.8 Å². The number of sulfonamides is 1. The second-order valence-electron chi connectivity index (χ2n) is 7.91. The van der Waals surface area contributed by atoms with Crippen LogP contribution in [0.25, 0.3) is 10.8 Å². The number of rotatable bonds is 6. The van der Waals surface area contributed by atoms with E-state index in [4.69, 9.17) is 11.6 Å². The SMILES string of the molecule is O=C(Nc1ccc2cncc(Cl)c2c1)[C@@H]1C[C@H]1c1ccc(S(=O)(=O)Nc2cccnc2)cc1. The molecule has 2 heterocycles. The van der Waals surface area contributed by atoms with Crippen molar-refractivity contribution in [2.45, 2.75) is 17.2 Å². The summed E-state index contributed by atoms with van der Waals surface area (Å²) in [5, 5.41) is 5.21. The Morgan fingerprint density at radius 3 is 2.55 bits per heavy atom. The Hall–Kier alpha value is -3.49. The predicted molar refractivity (Wildman–Crippen MR) is 128 cm³/mol. The van der Waals surface area contributed by atoms with Gasteiger partial charge in [-0.25, -0.2) is 8.42 Å². The van der Waals surface area contributed by atoms with Crippen LogP contribution in [0, 0.1) is 5.92 Å². The maximum absolute atomic E-state index is 12.7. The number of carbonyl (C=O) groups excluding carboxylic acids is 1. The van der Waals surface area contributed by atoms with Gasteiger partial charge in [0, 0.05) is 41.0 Å². The topological polar surface area (TPSA) is 101 Å². The molecule has 2 atom stereocenters. The number of aromatic nitrogens is 2. The number of benzene rings is 2. The van der Waals surface area contributed by atoms with Crippen LogP contribution in [-0.2, 0) is 14.8 Å². The molecule has 7 nitrogen and oxygen atoms in total. The van der Waals surface area contributed by atoms with Crippen molar-refractivity contribution >= 4 is 49.7 Å². The summed E-state index contributed by atoms with van der Waals surface area (Å²) < 4.78 is 27.7. The highest BCUT2D eigenvalue weighted by Gasteiger charge is 2.44. The lowest BCUT2D eigenvalue weighted by molar-refractivity contribution is -0.117. The van der Waals surface area contributed by atoms with Crippen LogP contribution < -0.4 is 10.0 Å². The van der Waals surface area contributed by atoms with E-state index in [-0.39, 0.29) is 22.6 Å². The maximum atomic E-state index is 12.7. The number of halogens is 1. The lowest BCUT2D eigenvalue weighted by Gasteiger charge is -2.09. The Morgan fingerprint density at radius 2 is 1.79 bits per heavy atom. The lowest BCUT2D eigenvalue weighted by atomic mass is 10.1. The van der Waals surface area contributed by atoms with Crippen molar-refractivity contribution in [2.24, 2.45) is 5.92 Å². The first-order valence-corrected chi connectivity index (χ1v) is 12.1. The van der Waals surface area contributed by atoms with Crippen LogP contribution >= 0.6 is 11.6 Å². The number of hydrogen-bond acceptors (Lipinski definition) is 5. The van der Waals surface area contributed by atoms with Gasteiger partial charge in [-0.3, -0.25) is 19.5 Å². The summed E-state index contributed by atoms with van der Waals surface area (Å²) in [5.41, 5.74) is 2.00. The predicted octanol–water partition coefficient (Wildman–Crippen LogP) is 4.83. The van der Waals surface area contributed by atoms with E-state index in [1.54, 1.807) is 55.0 Å². The minimum atomic E-state index is -3.71. The van der Waals surface area contributed by atoms with Crippen molar-refractivity contribution in [3.8, 4) is 0 Å². The van der Waals surface area contributed by atoms with E-state index in [2.05, 4.69) is 20.0 Å². The van der Waals surface area contributed by atoms with Crippen LogP contribution in [0.2, 0.25) is 5.02 Å². The van der Waals surface area contributed by atoms with E-state index in [1.807, 2.05) is 18.2 Å². The zero-order valence-corrected chi connectivity index (χ0v) is 18.8. The van der Waals surface area contributed by atoms with Gasteiger partial charge >= 0.3 is 0 Å². The average Bonchev–Trinajstić information content (AvgIpc) is 3.61. The molecule has 0 radical (unpaired) electrons. The van der Waals surface area contributed by atoms with Crippen molar-refractivity contribution in [1.82, 2.24) is 9.97 Å². The molecule has 166 valence electrons. The fraction of sp³-hybridized carbons (Fsp3) is 0.125. The fourth-order valence-corrected chi connectivity index (χ4v) is 5.09. The maximum Gasteiger partial charge on any atom is 0.261 e. The van der Waals surface area contributed by atoms with Crippen LogP contribution in [0.4, 0.5) is 11.4 Å². The highest BCUT2D eigenvalue weighted by Crippen LogP contribution is 2.48. The standard InChI is InChI=1S/C24H19ClN4O3S/c25-23-14-27-12-16-3-6-17(10-21(16)23)28-24(30)22-11-20(22)15-4-7-19(8-5-15)33(31,32)29-18-2-1-9-26-13-18/h1-10,12-14,20,22,29H,11H2,(H,28,30)/t20-,22+/m0/s1. The van der Waals surface area contributed by atoms with Crippen molar-refractivity contribution in [2.75, 3.05) is 10.0 Å². The van der Waals surface area contributed by atoms with Gasteiger partial charge in [0.2, 0.25) is 5.91 Å². The first-order valence-electron chi connectivity index (χ1n) is 10.3. The molecule has 4 aromatic rings.